The Morgan fingerprint density at radius 3 is 2.25 bits per heavy atom. The van der Waals surface area contributed by atoms with E-state index in [1.165, 1.54) is 38.5 Å². The molecule has 5 fully saturated rings. The van der Waals surface area contributed by atoms with Crippen LogP contribution >= 0.6 is 0 Å². The first-order valence-electron chi connectivity index (χ1n) is 14.5. The first-order valence-corrected chi connectivity index (χ1v) is 14.5. The second-order valence-electron chi connectivity index (χ2n) is 14.6. The molecular formula is C31H50O5. The van der Waals surface area contributed by atoms with Crippen LogP contribution in [0.2, 0.25) is 0 Å². The fourth-order valence-electron chi connectivity index (χ4n) is 11.5. The van der Waals surface area contributed by atoms with Gasteiger partial charge in [-0.05, 0) is 116 Å². The molecule has 0 saturated heterocycles. The van der Waals surface area contributed by atoms with Crippen LogP contribution < -0.4 is 0 Å². The van der Waals surface area contributed by atoms with Gasteiger partial charge in [-0.15, -0.1) is 0 Å². The summed E-state index contributed by atoms with van der Waals surface area (Å²) in [6, 6.07) is 0. The fourth-order valence-corrected chi connectivity index (χ4v) is 11.5. The highest BCUT2D eigenvalue weighted by atomic mass is 16.5. The first kappa shape index (κ1) is 26.7. The summed E-state index contributed by atoms with van der Waals surface area (Å²) in [6.07, 6.45) is 11.5. The quantitative estimate of drug-likeness (QED) is 0.458. The van der Waals surface area contributed by atoms with Crippen molar-refractivity contribution in [1.29, 1.82) is 0 Å². The molecule has 5 saturated carbocycles. The van der Waals surface area contributed by atoms with Crippen LogP contribution in [0, 0.1) is 50.7 Å². The van der Waals surface area contributed by atoms with Crippen molar-refractivity contribution in [3.05, 3.63) is 11.6 Å². The van der Waals surface area contributed by atoms with Crippen LogP contribution in [-0.2, 0) is 9.53 Å². The number of carbonyl (C=O) groups excluding carboxylic acids is 1. The van der Waals surface area contributed by atoms with Crippen LogP contribution in [-0.4, -0.2) is 46.7 Å². The van der Waals surface area contributed by atoms with Crippen molar-refractivity contribution in [2.45, 2.75) is 118 Å². The van der Waals surface area contributed by atoms with Crippen LogP contribution in [0.1, 0.15) is 99.3 Å². The molecule has 2 spiro atoms. The summed E-state index contributed by atoms with van der Waals surface area (Å²) in [5.41, 5.74) is 1.56. The van der Waals surface area contributed by atoms with Crippen LogP contribution in [0.3, 0.4) is 0 Å². The summed E-state index contributed by atoms with van der Waals surface area (Å²) in [7, 11) is 1.00. The van der Waals surface area contributed by atoms with Crippen molar-refractivity contribution >= 4 is 5.97 Å². The van der Waals surface area contributed by atoms with E-state index < -0.39 is 0 Å². The van der Waals surface area contributed by atoms with Crippen molar-refractivity contribution < 1.29 is 24.9 Å². The Morgan fingerprint density at radius 1 is 0.972 bits per heavy atom. The van der Waals surface area contributed by atoms with Gasteiger partial charge in [-0.2, -0.15) is 0 Å². The maximum absolute atomic E-state index is 11.9. The SMILES string of the molecule is CC1=C[C@@H](C[C@@H](C)[C@H]2C[C@@H](O)[C@@]3(C)[C@@H]4CC[C@H]5C(C)(C)[C@H](O)CC[C@@]56C[C@@]46CC[C@]23C)OC1=O.CO. The van der Waals surface area contributed by atoms with Crippen molar-refractivity contribution in [2.24, 2.45) is 50.7 Å². The summed E-state index contributed by atoms with van der Waals surface area (Å²) < 4.78 is 5.61. The minimum absolute atomic E-state index is 0.00405. The standard InChI is InChI=1S/C30H46O4.CH4O/c1-17(13-19-14-18(2)25(33)34-19)20-15-24(32)28(6)22-8-7-21-26(3,4)23(31)9-10-29(21)16-30(22,29)12-11-27(20,28)5;1-2/h14,17,19-24,31-32H,7-13,15-16H2,1-6H3;2H,1H3/t17-,19-,20-,21+,22+,23-,24-,27-,28-,29-,30+;/m1./s1. The summed E-state index contributed by atoms with van der Waals surface area (Å²) >= 11 is 0. The summed E-state index contributed by atoms with van der Waals surface area (Å²) in [6.45, 7) is 13.8. The largest absolute Gasteiger partial charge is 0.455 e. The summed E-state index contributed by atoms with van der Waals surface area (Å²) in [4.78, 5) is 11.9. The van der Waals surface area contributed by atoms with Crippen molar-refractivity contribution in [3.8, 4) is 0 Å². The van der Waals surface area contributed by atoms with E-state index >= 15 is 0 Å². The van der Waals surface area contributed by atoms with E-state index in [9.17, 15) is 15.0 Å². The lowest BCUT2D eigenvalue weighted by Gasteiger charge is -2.63. The average molecular weight is 503 g/mol. The molecule has 5 aliphatic carbocycles. The molecule has 6 aliphatic rings. The fraction of sp³-hybridized carbons (Fsp3) is 0.903. The number of hydrogen-bond donors (Lipinski definition) is 3. The van der Waals surface area contributed by atoms with Gasteiger partial charge in [-0.3, -0.25) is 0 Å². The number of carbonyl (C=O) groups is 1. The Bertz CT molecular complexity index is 941. The van der Waals surface area contributed by atoms with E-state index in [4.69, 9.17) is 9.84 Å². The molecule has 3 N–H and O–H groups in total. The van der Waals surface area contributed by atoms with Crippen molar-refractivity contribution in [1.82, 2.24) is 0 Å². The average Bonchev–Trinajstić information content (AvgIpc) is 3.32. The third kappa shape index (κ3) is 3.09. The van der Waals surface area contributed by atoms with E-state index in [1.54, 1.807) is 0 Å². The van der Waals surface area contributed by atoms with E-state index in [2.05, 4.69) is 34.6 Å². The minimum Gasteiger partial charge on any atom is -0.455 e. The number of cyclic esters (lactones) is 1. The summed E-state index contributed by atoms with van der Waals surface area (Å²) in [5.74, 6) is 1.89. The Labute approximate surface area is 218 Å². The van der Waals surface area contributed by atoms with Gasteiger partial charge in [0.05, 0.1) is 12.2 Å². The van der Waals surface area contributed by atoms with Gasteiger partial charge in [0.1, 0.15) is 6.10 Å². The number of fused-ring (bicyclic) bond motifs is 2. The predicted octanol–water partition coefficient (Wildman–Crippen LogP) is 5.26. The Morgan fingerprint density at radius 2 is 1.61 bits per heavy atom. The highest BCUT2D eigenvalue weighted by Gasteiger charge is 2.83. The number of aliphatic hydroxyl groups excluding tert-OH is 3. The number of ether oxygens (including phenoxy) is 1. The van der Waals surface area contributed by atoms with Crippen LogP contribution in [0.4, 0.5) is 0 Å². The number of esters is 1. The topological polar surface area (TPSA) is 87.0 Å². The molecule has 5 nitrogen and oxygen atoms in total. The van der Waals surface area contributed by atoms with Gasteiger partial charge in [-0.25, -0.2) is 4.79 Å². The minimum atomic E-state index is -0.257. The molecular weight excluding hydrogens is 452 g/mol. The third-order valence-corrected chi connectivity index (χ3v) is 13.5. The maximum Gasteiger partial charge on any atom is 0.334 e. The van der Waals surface area contributed by atoms with Gasteiger partial charge in [0.25, 0.3) is 0 Å². The van der Waals surface area contributed by atoms with Gasteiger partial charge in [0, 0.05) is 18.1 Å². The van der Waals surface area contributed by atoms with Crippen LogP contribution in [0.15, 0.2) is 11.6 Å². The van der Waals surface area contributed by atoms with Gasteiger partial charge in [-0.1, -0.05) is 34.6 Å². The predicted molar refractivity (Wildman–Crippen MR) is 140 cm³/mol. The number of rotatable bonds is 3. The molecule has 0 unspecified atom stereocenters. The van der Waals surface area contributed by atoms with E-state index in [1.807, 2.05) is 13.0 Å². The molecule has 5 heteroatoms. The number of hydrogen-bond acceptors (Lipinski definition) is 5. The molecule has 1 aliphatic heterocycles. The van der Waals surface area contributed by atoms with E-state index in [0.29, 0.717) is 34.5 Å². The van der Waals surface area contributed by atoms with Crippen LogP contribution in [0.5, 0.6) is 0 Å². The first-order chi connectivity index (χ1) is 16.8. The van der Waals surface area contributed by atoms with Crippen molar-refractivity contribution in [2.75, 3.05) is 7.11 Å². The Balaban J connectivity index is 0.00000130. The lowest BCUT2D eigenvalue weighted by Crippen LogP contribution is -2.59. The zero-order valence-electron chi connectivity index (χ0n) is 23.6. The lowest BCUT2D eigenvalue weighted by molar-refractivity contribution is -0.182. The molecule has 1 heterocycles. The maximum atomic E-state index is 11.9. The van der Waals surface area contributed by atoms with Gasteiger partial charge >= 0.3 is 5.97 Å². The van der Waals surface area contributed by atoms with E-state index in [0.717, 1.165) is 31.9 Å². The lowest BCUT2D eigenvalue weighted by atomic mass is 9.41. The van der Waals surface area contributed by atoms with Gasteiger partial charge < -0.3 is 20.1 Å². The molecule has 36 heavy (non-hydrogen) atoms. The molecule has 0 aromatic heterocycles. The zero-order chi connectivity index (χ0) is 26.5. The molecule has 0 aromatic carbocycles. The summed E-state index contributed by atoms with van der Waals surface area (Å²) in [5, 5.41) is 29.6. The second-order valence-corrected chi connectivity index (χ2v) is 14.6. The second kappa shape index (κ2) is 8.29. The molecule has 0 amide bonds. The molecule has 0 bridgehead atoms. The highest BCUT2D eigenvalue weighted by Crippen LogP contribution is 2.89. The molecule has 0 radical (unpaired) electrons. The molecule has 11 atom stereocenters. The number of aliphatic hydroxyl groups is 3. The molecule has 204 valence electrons. The normalized spacial score (nSPS) is 52.9. The molecule has 6 rings (SSSR count). The van der Waals surface area contributed by atoms with E-state index in [-0.39, 0.29) is 40.5 Å². The Hall–Kier alpha value is -0.910. The van der Waals surface area contributed by atoms with Crippen LogP contribution in [0.25, 0.3) is 0 Å². The Kier molecular flexibility index (Phi) is 6.15. The van der Waals surface area contributed by atoms with Crippen molar-refractivity contribution in [3.63, 3.8) is 0 Å². The monoisotopic (exact) mass is 502 g/mol. The van der Waals surface area contributed by atoms with Gasteiger partial charge in [0.15, 0.2) is 0 Å². The highest BCUT2D eigenvalue weighted by molar-refractivity contribution is 5.90. The molecule has 0 aromatic rings. The third-order valence-electron chi connectivity index (χ3n) is 13.5. The van der Waals surface area contributed by atoms with Gasteiger partial charge in [0.2, 0.25) is 0 Å². The smallest absolute Gasteiger partial charge is 0.334 e. The zero-order valence-corrected chi connectivity index (χ0v) is 23.6.